The van der Waals surface area contributed by atoms with Crippen molar-refractivity contribution in [3.63, 3.8) is 0 Å². The topological polar surface area (TPSA) is 55.4 Å². The molecule has 0 heterocycles. The van der Waals surface area contributed by atoms with Gasteiger partial charge in [0.15, 0.2) is 0 Å². The second kappa shape index (κ2) is 7.99. The van der Waals surface area contributed by atoms with Crippen LogP contribution in [0.5, 0.6) is 0 Å². The van der Waals surface area contributed by atoms with Crippen molar-refractivity contribution in [1.29, 1.82) is 0 Å². The molecule has 0 atom stereocenters. The number of rotatable bonds is 5. The van der Waals surface area contributed by atoms with Crippen LogP contribution in [0.2, 0.25) is 5.02 Å². The minimum absolute atomic E-state index is 0.155. The minimum atomic E-state index is -0.577. The maximum absolute atomic E-state index is 12.8. The van der Waals surface area contributed by atoms with E-state index in [9.17, 15) is 14.0 Å². The van der Waals surface area contributed by atoms with Gasteiger partial charge in [-0.05, 0) is 42.5 Å². The van der Waals surface area contributed by atoms with Crippen molar-refractivity contribution in [3.05, 3.63) is 58.9 Å². The highest BCUT2D eigenvalue weighted by Gasteiger charge is 2.12. The van der Waals surface area contributed by atoms with Crippen LogP contribution in [0.4, 0.5) is 10.1 Å². The summed E-state index contributed by atoms with van der Waals surface area (Å²) in [5.74, 6) is -0.999. The molecule has 2 aromatic rings. The summed E-state index contributed by atoms with van der Waals surface area (Å²) >= 11 is 7.19. The Bertz CT molecular complexity index is 722. The molecule has 0 aromatic heterocycles. The molecule has 1 N–H and O–H groups in total. The van der Waals surface area contributed by atoms with E-state index in [1.54, 1.807) is 18.2 Å². The number of ether oxygens (including phenoxy) is 1. The van der Waals surface area contributed by atoms with Gasteiger partial charge in [0.25, 0.3) is 0 Å². The van der Waals surface area contributed by atoms with Crippen molar-refractivity contribution in [2.24, 2.45) is 0 Å². The Hall–Kier alpha value is -2.05. The van der Waals surface area contributed by atoms with Crippen molar-refractivity contribution in [2.75, 3.05) is 18.2 Å². The van der Waals surface area contributed by atoms with Gasteiger partial charge in [0.1, 0.15) is 5.82 Å². The highest BCUT2D eigenvalue weighted by atomic mass is 35.5. The third-order valence-electron chi connectivity index (χ3n) is 2.84. The number of carbonyl (C=O) groups excluding carboxylic acids is 2. The molecule has 2 rings (SSSR count). The Labute approximate surface area is 142 Å². The first-order valence-electron chi connectivity index (χ1n) is 6.55. The van der Waals surface area contributed by atoms with Crippen LogP contribution in [0, 0.1) is 5.82 Å². The molecule has 0 aliphatic heterocycles. The molecule has 23 heavy (non-hydrogen) atoms. The van der Waals surface area contributed by atoms with Crippen LogP contribution in [-0.2, 0) is 9.53 Å². The van der Waals surface area contributed by atoms with Gasteiger partial charge in [0.2, 0.25) is 5.91 Å². The van der Waals surface area contributed by atoms with Crippen LogP contribution < -0.4 is 5.32 Å². The molecule has 7 heteroatoms. The molecule has 2 aromatic carbocycles. The fourth-order valence-corrected chi connectivity index (χ4v) is 2.64. The lowest BCUT2D eigenvalue weighted by atomic mass is 10.2. The van der Waals surface area contributed by atoms with Crippen LogP contribution in [0.25, 0.3) is 0 Å². The zero-order valence-electron chi connectivity index (χ0n) is 12.1. The van der Waals surface area contributed by atoms with Crippen LogP contribution in [0.3, 0.4) is 0 Å². The Balaban J connectivity index is 1.97. The number of esters is 1. The number of anilines is 1. The fourth-order valence-electron chi connectivity index (χ4n) is 1.75. The Morgan fingerprint density at radius 3 is 2.57 bits per heavy atom. The lowest BCUT2D eigenvalue weighted by Crippen LogP contribution is -2.14. The third-order valence-corrected chi connectivity index (χ3v) is 4.18. The van der Waals surface area contributed by atoms with E-state index in [1.165, 1.54) is 43.1 Å². The molecular formula is C16H13ClFNO3S. The SMILES string of the molecule is COC(=O)c1cc(NC(=O)CSc2ccc(F)cc2)ccc1Cl. The van der Waals surface area contributed by atoms with Gasteiger partial charge in [-0.15, -0.1) is 11.8 Å². The van der Waals surface area contributed by atoms with E-state index in [4.69, 9.17) is 11.6 Å². The molecule has 0 saturated carbocycles. The summed E-state index contributed by atoms with van der Waals surface area (Å²) in [5.41, 5.74) is 0.623. The molecule has 120 valence electrons. The quantitative estimate of drug-likeness (QED) is 0.652. The number of hydrogen-bond acceptors (Lipinski definition) is 4. The second-order valence-electron chi connectivity index (χ2n) is 4.48. The molecule has 0 radical (unpaired) electrons. The standard InChI is InChI=1S/C16H13ClFNO3S/c1-22-16(21)13-8-11(4-7-14(13)17)19-15(20)9-23-12-5-2-10(18)3-6-12/h2-8H,9H2,1H3,(H,19,20). The van der Waals surface area contributed by atoms with Gasteiger partial charge in [-0.2, -0.15) is 0 Å². The summed E-state index contributed by atoms with van der Waals surface area (Å²) < 4.78 is 17.4. The van der Waals surface area contributed by atoms with Crippen LogP contribution in [-0.4, -0.2) is 24.7 Å². The van der Waals surface area contributed by atoms with Gasteiger partial charge >= 0.3 is 5.97 Å². The van der Waals surface area contributed by atoms with Crippen molar-refractivity contribution in [3.8, 4) is 0 Å². The summed E-state index contributed by atoms with van der Waals surface area (Å²) in [6, 6.07) is 10.4. The summed E-state index contributed by atoms with van der Waals surface area (Å²) in [6.07, 6.45) is 0. The first kappa shape index (κ1) is 17.3. The number of benzene rings is 2. The number of amides is 1. The van der Waals surface area contributed by atoms with Crippen molar-refractivity contribution in [2.45, 2.75) is 4.90 Å². The summed E-state index contributed by atoms with van der Waals surface area (Å²) in [4.78, 5) is 24.3. The van der Waals surface area contributed by atoms with Crippen LogP contribution in [0.1, 0.15) is 10.4 Å². The molecular weight excluding hydrogens is 341 g/mol. The highest BCUT2D eigenvalue weighted by molar-refractivity contribution is 8.00. The van der Waals surface area contributed by atoms with Crippen molar-refractivity contribution in [1.82, 2.24) is 0 Å². The van der Waals surface area contributed by atoms with Gasteiger partial charge in [-0.1, -0.05) is 11.6 Å². The van der Waals surface area contributed by atoms with Crippen molar-refractivity contribution >= 4 is 40.9 Å². The molecule has 0 aliphatic carbocycles. The summed E-state index contributed by atoms with van der Waals surface area (Å²) in [5, 5.41) is 2.92. The van der Waals surface area contributed by atoms with Crippen LogP contribution in [0.15, 0.2) is 47.4 Å². The van der Waals surface area contributed by atoms with Gasteiger partial charge in [0, 0.05) is 10.6 Å². The average molecular weight is 354 g/mol. The van der Waals surface area contributed by atoms with E-state index in [0.717, 1.165) is 4.90 Å². The molecule has 0 spiro atoms. The lowest BCUT2D eigenvalue weighted by molar-refractivity contribution is -0.113. The normalized spacial score (nSPS) is 10.2. The number of hydrogen-bond donors (Lipinski definition) is 1. The second-order valence-corrected chi connectivity index (χ2v) is 5.93. The highest BCUT2D eigenvalue weighted by Crippen LogP contribution is 2.22. The summed E-state index contributed by atoms with van der Waals surface area (Å²) in [6.45, 7) is 0. The van der Waals surface area contributed by atoms with Crippen LogP contribution >= 0.6 is 23.4 Å². The first-order valence-corrected chi connectivity index (χ1v) is 7.92. The minimum Gasteiger partial charge on any atom is -0.465 e. The van der Waals surface area contributed by atoms with E-state index in [2.05, 4.69) is 10.1 Å². The first-order chi connectivity index (χ1) is 11.0. The summed E-state index contributed by atoms with van der Waals surface area (Å²) in [7, 11) is 1.25. The maximum atomic E-state index is 12.8. The molecule has 1 amide bonds. The molecule has 0 unspecified atom stereocenters. The predicted octanol–water partition coefficient (Wildman–Crippen LogP) is 4.00. The third kappa shape index (κ3) is 4.97. The van der Waals surface area contributed by atoms with Gasteiger partial charge in [-0.25, -0.2) is 9.18 Å². The predicted molar refractivity (Wildman–Crippen MR) is 88.5 cm³/mol. The molecule has 0 saturated heterocycles. The number of nitrogens with one attached hydrogen (secondary N) is 1. The van der Waals surface area contributed by atoms with Gasteiger partial charge in [0.05, 0.1) is 23.4 Å². The molecule has 0 bridgehead atoms. The Morgan fingerprint density at radius 1 is 1.22 bits per heavy atom. The van der Waals surface area contributed by atoms with E-state index >= 15 is 0 Å². The van der Waals surface area contributed by atoms with Crippen molar-refractivity contribution < 1.29 is 18.7 Å². The smallest absolute Gasteiger partial charge is 0.339 e. The average Bonchev–Trinajstić information content (AvgIpc) is 2.55. The number of methoxy groups -OCH3 is 1. The number of carbonyl (C=O) groups is 2. The Kier molecular flexibility index (Phi) is 6.01. The molecule has 4 nitrogen and oxygen atoms in total. The fraction of sp³-hybridized carbons (Fsp3) is 0.125. The van der Waals surface area contributed by atoms with Gasteiger partial charge < -0.3 is 10.1 Å². The van der Waals surface area contributed by atoms with E-state index < -0.39 is 5.97 Å². The largest absolute Gasteiger partial charge is 0.465 e. The molecule has 0 aliphatic rings. The maximum Gasteiger partial charge on any atom is 0.339 e. The van der Waals surface area contributed by atoms with E-state index in [-0.39, 0.29) is 28.1 Å². The Morgan fingerprint density at radius 2 is 1.91 bits per heavy atom. The number of halogens is 2. The monoisotopic (exact) mass is 353 g/mol. The number of thioether (sulfide) groups is 1. The van der Waals surface area contributed by atoms with Gasteiger partial charge in [-0.3, -0.25) is 4.79 Å². The van der Waals surface area contributed by atoms with E-state index in [1.807, 2.05) is 0 Å². The lowest BCUT2D eigenvalue weighted by Gasteiger charge is -2.08. The van der Waals surface area contributed by atoms with E-state index in [0.29, 0.717) is 5.69 Å². The zero-order valence-corrected chi connectivity index (χ0v) is 13.7. The molecule has 0 fully saturated rings. The zero-order chi connectivity index (χ0) is 16.8.